The van der Waals surface area contributed by atoms with E-state index in [1.54, 1.807) is 6.92 Å². The first-order valence-corrected chi connectivity index (χ1v) is 9.70. The fraction of sp³-hybridized carbons (Fsp3) is 0.842. The van der Waals surface area contributed by atoms with E-state index in [0.717, 1.165) is 51.5 Å². The van der Waals surface area contributed by atoms with Gasteiger partial charge in [0.1, 0.15) is 0 Å². The van der Waals surface area contributed by atoms with Crippen molar-refractivity contribution in [3.63, 3.8) is 0 Å². The van der Waals surface area contributed by atoms with Crippen molar-refractivity contribution in [1.82, 2.24) is 5.32 Å². The Labute approximate surface area is 152 Å². The first kappa shape index (κ1) is 25.6. The van der Waals surface area contributed by atoms with Crippen LogP contribution in [0, 0.1) is 0 Å². The number of carbonyl (C=O) groups excluding carboxylic acids is 2. The lowest BCUT2D eigenvalue weighted by Gasteiger charge is -2.05. The highest BCUT2D eigenvalue weighted by atomic mass is 16.4. The van der Waals surface area contributed by atoms with Gasteiger partial charge < -0.3 is 16.2 Å². The number of aliphatic carboxylic acids is 1. The zero-order valence-corrected chi connectivity index (χ0v) is 16.1. The Morgan fingerprint density at radius 1 is 0.800 bits per heavy atom. The molecule has 0 aliphatic rings. The summed E-state index contributed by atoms with van der Waals surface area (Å²) in [6.07, 6.45) is 12.5. The Kier molecular flexibility index (Phi) is 21.0. The Morgan fingerprint density at radius 3 is 1.76 bits per heavy atom. The summed E-state index contributed by atoms with van der Waals surface area (Å²) in [5.41, 5.74) is 5.07. The van der Waals surface area contributed by atoms with E-state index < -0.39 is 5.97 Å². The number of nitrogens with two attached hydrogens (primary N) is 1. The Balaban J connectivity index is 0. The number of carbonyl (C=O) groups is 3. The lowest BCUT2D eigenvalue weighted by atomic mass is 10.1. The molecule has 2 amide bonds. The smallest absolute Gasteiger partial charge is 0.303 e. The summed E-state index contributed by atoms with van der Waals surface area (Å²) in [5.74, 6) is -0.763. The van der Waals surface area contributed by atoms with E-state index in [1.807, 2.05) is 0 Å². The quantitative estimate of drug-likeness (QED) is 0.387. The first-order valence-electron chi connectivity index (χ1n) is 9.70. The average Bonchev–Trinajstić information content (AvgIpc) is 2.57. The third-order valence-corrected chi connectivity index (χ3v) is 3.73. The molecule has 0 aromatic rings. The first-order chi connectivity index (χ1) is 11.9. The molecule has 0 unspecified atom stereocenters. The maximum atomic E-state index is 11.5. The second kappa shape index (κ2) is 20.5. The topological polar surface area (TPSA) is 109 Å². The van der Waals surface area contributed by atoms with Gasteiger partial charge in [-0.15, -0.1) is 0 Å². The molecule has 0 rings (SSSR count). The number of rotatable bonds is 15. The summed E-state index contributed by atoms with van der Waals surface area (Å²) in [6.45, 7) is 4.61. The summed E-state index contributed by atoms with van der Waals surface area (Å²) in [7, 11) is 0. The molecular weight excluding hydrogens is 320 g/mol. The number of primary amides is 1. The molecule has 0 saturated heterocycles. The molecule has 0 saturated carbocycles. The summed E-state index contributed by atoms with van der Waals surface area (Å²) in [6, 6.07) is 0. The van der Waals surface area contributed by atoms with Crippen LogP contribution >= 0.6 is 0 Å². The van der Waals surface area contributed by atoms with Gasteiger partial charge in [0.05, 0.1) is 0 Å². The third kappa shape index (κ3) is 27.5. The molecule has 6 nitrogen and oxygen atoms in total. The molecule has 0 bridgehead atoms. The molecule has 4 N–H and O–H groups in total. The van der Waals surface area contributed by atoms with Gasteiger partial charge in [-0.1, -0.05) is 58.8 Å². The van der Waals surface area contributed by atoms with E-state index in [4.69, 9.17) is 10.8 Å². The third-order valence-electron chi connectivity index (χ3n) is 3.73. The molecule has 0 aromatic carbocycles. The largest absolute Gasteiger partial charge is 0.481 e. The lowest BCUT2D eigenvalue weighted by molar-refractivity contribution is -0.136. The molecule has 0 spiro atoms. The van der Waals surface area contributed by atoms with Gasteiger partial charge in [-0.25, -0.2) is 0 Å². The second-order valence-corrected chi connectivity index (χ2v) is 6.25. The SMILES string of the molecule is CCC(=O)O.CCCCCCNC(=O)CCCCCCCCC(N)=O. The minimum Gasteiger partial charge on any atom is -0.481 e. The average molecular weight is 359 g/mol. The number of unbranched alkanes of at least 4 members (excludes halogenated alkanes) is 8. The van der Waals surface area contributed by atoms with E-state index in [2.05, 4.69) is 12.2 Å². The molecule has 0 aromatic heterocycles. The normalized spacial score (nSPS) is 9.84. The highest BCUT2D eigenvalue weighted by Crippen LogP contribution is 2.08. The predicted octanol–water partition coefficient (Wildman–Crippen LogP) is 3.77. The molecule has 6 heteroatoms. The molecule has 0 atom stereocenters. The van der Waals surface area contributed by atoms with Crippen molar-refractivity contribution in [1.29, 1.82) is 0 Å². The van der Waals surface area contributed by atoms with E-state index in [0.29, 0.717) is 12.8 Å². The van der Waals surface area contributed by atoms with Crippen molar-refractivity contribution < 1.29 is 19.5 Å². The van der Waals surface area contributed by atoms with E-state index >= 15 is 0 Å². The van der Waals surface area contributed by atoms with Crippen molar-refractivity contribution in [2.24, 2.45) is 5.73 Å². The number of carboxylic acids is 1. The predicted molar refractivity (Wildman–Crippen MR) is 101 cm³/mol. The van der Waals surface area contributed by atoms with Gasteiger partial charge in [-0.2, -0.15) is 0 Å². The van der Waals surface area contributed by atoms with Crippen molar-refractivity contribution in [3.05, 3.63) is 0 Å². The van der Waals surface area contributed by atoms with Gasteiger partial charge in [0.25, 0.3) is 0 Å². The maximum Gasteiger partial charge on any atom is 0.303 e. The van der Waals surface area contributed by atoms with Crippen molar-refractivity contribution in [2.75, 3.05) is 6.54 Å². The number of hydrogen-bond donors (Lipinski definition) is 3. The van der Waals surface area contributed by atoms with Gasteiger partial charge in [0.15, 0.2) is 0 Å². The van der Waals surface area contributed by atoms with Gasteiger partial charge in [-0.05, 0) is 19.3 Å². The molecule has 0 radical (unpaired) electrons. The minimum atomic E-state index is -0.745. The van der Waals surface area contributed by atoms with Crippen LogP contribution in [0.2, 0.25) is 0 Å². The number of amides is 2. The van der Waals surface area contributed by atoms with Crippen LogP contribution in [0.4, 0.5) is 0 Å². The number of hydrogen-bond acceptors (Lipinski definition) is 3. The van der Waals surface area contributed by atoms with Gasteiger partial charge in [0, 0.05) is 25.8 Å². The monoisotopic (exact) mass is 358 g/mol. The van der Waals surface area contributed by atoms with Crippen LogP contribution in [0.25, 0.3) is 0 Å². The minimum absolute atomic E-state index is 0.190. The standard InChI is InChI=1S/C16H32N2O2.C3H6O2/c1-2-3-4-11-14-18-16(20)13-10-8-6-5-7-9-12-15(17)19;1-2-3(4)5/h2-14H2,1H3,(H2,17,19)(H,18,20);2H2,1H3,(H,4,5). The van der Waals surface area contributed by atoms with Gasteiger partial charge >= 0.3 is 5.97 Å². The molecule has 0 heterocycles. The van der Waals surface area contributed by atoms with Crippen LogP contribution in [0.5, 0.6) is 0 Å². The van der Waals surface area contributed by atoms with E-state index in [1.165, 1.54) is 19.3 Å². The van der Waals surface area contributed by atoms with Crippen molar-refractivity contribution in [2.45, 2.75) is 97.3 Å². The lowest BCUT2D eigenvalue weighted by Crippen LogP contribution is -2.23. The van der Waals surface area contributed by atoms with Crippen LogP contribution in [0.15, 0.2) is 0 Å². The fourth-order valence-electron chi connectivity index (χ4n) is 2.16. The molecule has 25 heavy (non-hydrogen) atoms. The maximum absolute atomic E-state index is 11.5. The molecule has 148 valence electrons. The Bertz CT molecular complexity index is 346. The second-order valence-electron chi connectivity index (χ2n) is 6.25. The van der Waals surface area contributed by atoms with E-state index in [9.17, 15) is 14.4 Å². The van der Waals surface area contributed by atoms with Crippen molar-refractivity contribution >= 4 is 17.8 Å². The van der Waals surface area contributed by atoms with Gasteiger partial charge in [-0.3, -0.25) is 14.4 Å². The highest BCUT2D eigenvalue weighted by Gasteiger charge is 2.00. The van der Waals surface area contributed by atoms with Crippen LogP contribution in [-0.4, -0.2) is 29.4 Å². The van der Waals surface area contributed by atoms with Crippen molar-refractivity contribution in [3.8, 4) is 0 Å². The Hall–Kier alpha value is -1.59. The molecule has 0 aliphatic carbocycles. The summed E-state index contributed by atoms with van der Waals surface area (Å²) in [5, 5.41) is 10.7. The highest BCUT2D eigenvalue weighted by molar-refractivity contribution is 5.75. The van der Waals surface area contributed by atoms with E-state index in [-0.39, 0.29) is 18.2 Å². The Morgan fingerprint density at radius 2 is 1.28 bits per heavy atom. The summed E-state index contributed by atoms with van der Waals surface area (Å²) >= 11 is 0. The molecule has 0 fully saturated rings. The number of nitrogens with one attached hydrogen (secondary N) is 1. The van der Waals surface area contributed by atoms with Crippen LogP contribution in [0.1, 0.15) is 97.3 Å². The molecule has 0 aliphatic heterocycles. The zero-order valence-electron chi connectivity index (χ0n) is 16.1. The zero-order chi connectivity index (χ0) is 19.3. The summed E-state index contributed by atoms with van der Waals surface area (Å²) < 4.78 is 0. The molecular formula is C19H38N2O4. The van der Waals surface area contributed by atoms with Crippen LogP contribution in [0.3, 0.4) is 0 Å². The fourth-order valence-corrected chi connectivity index (χ4v) is 2.16. The summed E-state index contributed by atoms with van der Waals surface area (Å²) in [4.78, 5) is 31.4. The van der Waals surface area contributed by atoms with Crippen LogP contribution < -0.4 is 11.1 Å². The number of carboxylic acid groups (broad SMARTS) is 1. The van der Waals surface area contributed by atoms with Crippen LogP contribution in [-0.2, 0) is 14.4 Å². The van der Waals surface area contributed by atoms with Gasteiger partial charge in [0.2, 0.25) is 11.8 Å².